The average Bonchev–Trinajstić information content (AvgIpc) is 2.85. The molecule has 33 heavy (non-hydrogen) atoms. The first kappa shape index (κ1) is 27.1. The summed E-state index contributed by atoms with van der Waals surface area (Å²) in [5.41, 5.74) is 3.69. The molecule has 0 amide bonds. The molecule has 176 valence electrons. The molecule has 0 saturated carbocycles. The summed E-state index contributed by atoms with van der Waals surface area (Å²) in [5.74, 6) is 0. The Kier molecular flexibility index (Phi) is 12.2. The van der Waals surface area contributed by atoms with Crippen LogP contribution in [0.3, 0.4) is 0 Å². The lowest BCUT2D eigenvalue weighted by molar-refractivity contribution is -0.001000. The Balaban J connectivity index is 0.00000193. The van der Waals surface area contributed by atoms with E-state index >= 15 is 0 Å². The van der Waals surface area contributed by atoms with Crippen LogP contribution in [0.2, 0.25) is 0 Å². The summed E-state index contributed by atoms with van der Waals surface area (Å²) in [6, 6.07) is 31.6. The molecule has 5 heteroatoms. The summed E-state index contributed by atoms with van der Waals surface area (Å²) < 4.78 is 6.39. The molecule has 1 heterocycles. The zero-order chi connectivity index (χ0) is 21.1. The van der Waals surface area contributed by atoms with Gasteiger partial charge in [0.15, 0.2) is 0 Å². The van der Waals surface area contributed by atoms with Crippen molar-refractivity contribution in [2.24, 2.45) is 0 Å². The van der Waals surface area contributed by atoms with Gasteiger partial charge in [-0.25, -0.2) is 0 Å². The Morgan fingerprint density at radius 2 is 1.15 bits per heavy atom. The summed E-state index contributed by atoms with van der Waals surface area (Å²) in [6.07, 6.45) is 4.48. The van der Waals surface area contributed by atoms with Crippen molar-refractivity contribution in [3.05, 3.63) is 114 Å². The molecule has 1 saturated heterocycles. The second-order valence-electron chi connectivity index (χ2n) is 8.03. The van der Waals surface area contributed by atoms with E-state index in [9.17, 15) is 0 Å². The van der Waals surface area contributed by atoms with Gasteiger partial charge in [0.25, 0.3) is 0 Å². The van der Waals surface area contributed by atoms with Crippen molar-refractivity contribution in [3.8, 4) is 0 Å². The molecule has 3 aromatic rings. The molecule has 3 aromatic carbocycles. The van der Waals surface area contributed by atoms with Crippen molar-refractivity contribution in [3.63, 3.8) is 0 Å². The van der Waals surface area contributed by atoms with Crippen LogP contribution in [0.25, 0.3) is 6.08 Å². The Hall–Kier alpha value is -2.14. The first-order valence-electron chi connectivity index (χ1n) is 11.3. The van der Waals surface area contributed by atoms with Gasteiger partial charge in [0.2, 0.25) is 0 Å². The highest BCUT2D eigenvalue weighted by molar-refractivity contribution is 5.48. The van der Waals surface area contributed by atoms with Crippen molar-refractivity contribution in [1.82, 2.24) is 9.80 Å². The van der Waals surface area contributed by atoms with E-state index in [4.69, 9.17) is 4.74 Å². The Labute approximate surface area is 210 Å². The van der Waals surface area contributed by atoms with Crippen LogP contribution in [0, 0.1) is 0 Å². The van der Waals surface area contributed by atoms with Crippen LogP contribution in [0.1, 0.15) is 22.8 Å². The van der Waals surface area contributed by atoms with E-state index in [2.05, 4.69) is 113 Å². The van der Waals surface area contributed by atoms with Crippen molar-refractivity contribution in [1.29, 1.82) is 0 Å². The molecule has 0 radical (unpaired) electrons. The SMILES string of the molecule is C(=Cc1ccccc1)CN1CCN(CCOC(c2ccccc2)c2ccccc2)CC1.[Cl-].[Cl-]. The standard InChI is InChI=1S/C28H32N2O.2ClH/c1-4-11-25(12-5-1)13-10-18-29-19-21-30(22-20-29)23-24-31-28(26-14-6-2-7-15-26)27-16-8-3-9-17-27;;/h1-17,28H,18-24H2;2*1H/p-2. The monoisotopic (exact) mass is 482 g/mol. The third-order valence-electron chi connectivity index (χ3n) is 5.84. The third kappa shape index (κ3) is 8.62. The predicted octanol–water partition coefficient (Wildman–Crippen LogP) is -0.868. The maximum absolute atomic E-state index is 6.39. The number of hydrogen-bond acceptors (Lipinski definition) is 3. The number of hydrogen-bond donors (Lipinski definition) is 0. The summed E-state index contributed by atoms with van der Waals surface area (Å²) in [4.78, 5) is 5.04. The topological polar surface area (TPSA) is 15.7 Å². The number of rotatable bonds is 9. The lowest BCUT2D eigenvalue weighted by Crippen LogP contribution is -3.00. The Morgan fingerprint density at radius 1 is 0.667 bits per heavy atom. The number of piperazine rings is 1. The third-order valence-corrected chi connectivity index (χ3v) is 5.84. The summed E-state index contributed by atoms with van der Waals surface area (Å²) in [6.45, 7) is 7.16. The molecule has 0 spiro atoms. The first-order valence-corrected chi connectivity index (χ1v) is 11.3. The largest absolute Gasteiger partial charge is 1.00 e. The van der Waals surface area contributed by atoms with Crippen molar-refractivity contribution in [2.45, 2.75) is 6.10 Å². The molecule has 4 rings (SSSR count). The fraction of sp³-hybridized carbons (Fsp3) is 0.286. The van der Waals surface area contributed by atoms with E-state index in [0.717, 1.165) is 45.9 Å². The Bertz CT molecular complexity index is 875. The van der Waals surface area contributed by atoms with Crippen LogP contribution < -0.4 is 24.8 Å². The van der Waals surface area contributed by atoms with E-state index < -0.39 is 0 Å². The van der Waals surface area contributed by atoms with Gasteiger partial charge in [0.05, 0.1) is 6.61 Å². The maximum atomic E-state index is 6.39. The molecule has 1 fully saturated rings. The van der Waals surface area contributed by atoms with Gasteiger partial charge < -0.3 is 29.6 Å². The van der Waals surface area contributed by atoms with Gasteiger partial charge >= 0.3 is 0 Å². The Morgan fingerprint density at radius 3 is 1.70 bits per heavy atom. The molecule has 1 aliphatic heterocycles. The second kappa shape index (κ2) is 14.9. The number of halogens is 2. The lowest BCUT2D eigenvalue weighted by atomic mass is 10.0. The number of nitrogens with zero attached hydrogens (tertiary/aromatic N) is 2. The molecule has 0 aliphatic carbocycles. The van der Waals surface area contributed by atoms with Gasteiger partial charge in [0, 0.05) is 39.3 Å². The molecule has 0 atom stereocenters. The van der Waals surface area contributed by atoms with Crippen LogP contribution in [-0.4, -0.2) is 55.7 Å². The fourth-order valence-electron chi connectivity index (χ4n) is 4.04. The van der Waals surface area contributed by atoms with Gasteiger partial charge in [-0.3, -0.25) is 9.80 Å². The van der Waals surface area contributed by atoms with Crippen molar-refractivity contribution < 1.29 is 29.6 Å². The van der Waals surface area contributed by atoms with Gasteiger partial charge in [-0.2, -0.15) is 0 Å². The minimum absolute atomic E-state index is 0. The van der Waals surface area contributed by atoms with E-state index in [1.165, 1.54) is 16.7 Å². The highest BCUT2D eigenvalue weighted by Gasteiger charge is 2.18. The molecule has 3 nitrogen and oxygen atoms in total. The van der Waals surface area contributed by atoms with Crippen LogP contribution >= 0.6 is 0 Å². The van der Waals surface area contributed by atoms with Crippen molar-refractivity contribution >= 4 is 6.08 Å². The van der Waals surface area contributed by atoms with Crippen LogP contribution in [0.4, 0.5) is 0 Å². The molecule has 0 bridgehead atoms. The van der Waals surface area contributed by atoms with Gasteiger partial charge in [-0.15, -0.1) is 0 Å². The highest BCUT2D eigenvalue weighted by atomic mass is 35.5. The quantitative estimate of drug-likeness (QED) is 0.394. The zero-order valence-corrected chi connectivity index (χ0v) is 20.4. The van der Waals surface area contributed by atoms with Crippen LogP contribution in [0.5, 0.6) is 0 Å². The molecule has 0 aromatic heterocycles. The zero-order valence-electron chi connectivity index (χ0n) is 18.9. The number of ether oxygens (including phenoxy) is 1. The molecular formula is C28H32Cl2N2O-2. The highest BCUT2D eigenvalue weighted by Crippen LogP contribution is 2.25. The van der Waals surface area contributed by atoms with E-state index in [1.807, 2.05) is 0 Å². The smallest absolute Gasteiger partial charge is 0.108 e. The normalized spacial score (nSPS) is 14.7. The molecule has 0 N–H and O–H groups in total. The van der Waals surface area contributed by atoms with Crippen LogP contribution in [0.15, 0.2) is 97.1 Å². The average molecular weight is 483 g/mol. The summed E-state index contributed by atoms with van der Waals surface area (Å²) >= 11 is 0. The number of benzene rings is 3. The second-order valence-corrected chi connectivity index (χ2v) is 8.03. The van der Waals surface area contributed by atoms with E-state index in [-0.39, 0.29) is 30.9 Å². The molecule has 1 aliphatic rings. The molecule has 0 unspecified atom stereocenters. The maximum Gasteiger partial charge on any atom is 0.108 e. The van der Waals surface area contributed by atoms with Gasteiger partial charge in [-0.05, 0) is 16.7 Å². The summed E-state index contributed by atoms with van der Waals surface area (Å²) in [5, 5.41) is 0. The predicted molar refractivity (Wildman–Crippen MR) is 129 cm³/mol. The minimum Gasteiger partial charge on any atom is -1.00 e. The van der Waals surface area contributed by atoms with E-state index in [0.29, 0.717) is 0 Å². The fourth-order valence-corrected chi connectivity index (χ4v) is 4.04. The van der Waals surface area contributed by atoms with Crippen LogP contribution in [-0.2, 0) is 4.74 Å². The molecular weight excluding hydrogens is 451 g/mol. The summed E-state index contributed by atoms with van der Waals surface area (Å²) in [7, 11) is 0. The van der Waals surface area contributed by atoms with Gasteiger partial charge in [-0.1, -0.05) is 103 Å². The first-order chi connectivity index (χ1) is 15.4. The van der Waals surface area contributed by atoms with Gasteiger partial charge in [0.1, 0.15) is 6.10 Å². The van der Waals surface area contributed by atoms with Crippen molar-refractivity contribution in [2.75, 3.05) is 45.9 Å². The minimum atomic E-state index is -0.00758. The lowest BCUT2D eigenvalue weighted by Gasteiger charge is -2.34. The van der Waals surface area contributed by atoms with E-state index in [1.54, 1.807) is 0 Å².